The maximum Gasteiger partial charge on any atom is 0.321 e. The van der Waals surface area contributed by atoms with Crippen LogP contribution in [0.3, 0.4) is 0 Å². The Balaban J connectivity index is 2.37. The Morgan fingerprint density at radius 3 is 2.50 bits per heavy atom. The van der Waals surface area contributed by atoms with Gasteiger partial charge in [-0.3, -0.25) is 10.1 Å². The zero-order chi connectivity index (χ0) is 15.0. The zero-order valence-corrected chi connectivity index (χ0v) is 11.7. The fourth-order valence-electron chi connectivity index (χ4n) is 1.60. The third kappa shape index (κ3) is 5.38. The van der Waals surface area contributed by atoms with Gasteiger partial charge in [0.05, 0.1) is 12.1 Å². The monoisotopic (exact) mass is 279 g/mol. The van der Waals surface area contributed by atoms with E-state index in [1.165, 1.54) is 0 Å². The molecule has 2 unspecified atom stereocenters. The van der Waals surface area contributed by atoms with Gasteiger partial charge < -0.3 is 15.7 Å². The first-order chi connectivity index (χ1) is 9.54. The summed E-state index contributed by atoms with van der Waals surface area (Å²) in [6.45, 7) is 4.08. The molecule has 0 aliphatic carbocycles. The topological polar surface area (TPSA) is 90.5 Å². The normalized spacial score (nSPS) is 13.3. The molecular formula is C14H21N3O3. The Morgan fingerprint density at radius 1 is 1.25 bits per heavy atom. The first kappa shape index (κ1) is 16.1. The van der Waals surface area contributed by atoms with Gasteiger partial charge in [-0.05, 0) is 19.4 Å². The highest BCUT2D eigenvalue weighted by Crippen LogP contribution is 2.10. The summed E-state index contributed by atoms with van der Waals surface area (Å²) in [4.78, 5) is 22.9. The lowest BCUT2D eigenvalue weighted by molar-refractivity contribution is -0.121. The summed E-state index contributed by atoms with van der Waals surface area (Å²) >= 11 is 0. The molecular weight excluding hydrogens is 258 g/mol. The predicted octanol–water partition coefficient (Wildman–Crippen LogP) is 0.544. The van der Waals surface area contributed by atoms with E-state index < -0.39 is 24.1 Å². The fourth-order valence-corrected chi connectivity index (χ4v) is 1.60. The number of carbonyl (C=O) groups is 2. The molecule has 110 valence electrons. The number of carbonyl (C=O) groups excluding carboxylic acids is 2. The van der Waals surface area contributed by atoms with E-state index in [9.17, 15) is 14.7 Å². The minimum absolute atomic E-state index is 0.230. The molecule has 20 heavy (non-hydrogen) atoms. The van der Waals surface area contributed by atoms with Gasteiger partial charge in [-0.2, -0.15) is 0 Å². The second kappa shape index (κ2) is 8.29. The minimum atomic E-state index is -0.698. The number of nitrogens with one attached hydrogen (secondary N) is 3. The van der Waals surface area contributed by atoms with Crippen molar-refractivity contribution in [1.82, 2.24) is 16.0 Å². The van der Waals surface area contributed by atoms with Gasteiger partial charge in [0.1, 0.15) is 0 Å². The number of aliphatic hydroxyl groups excluding tert-OH is 1. The molecule has 0 saturated carbocycles. The van der Waals surface area contributed by atoms with Crippen LogP contribution < -0.4 is 16.0 Å². The van der Waals surface area contributed by atoms with E-state index in [0.29, 0.717) is 6.54 Å². The van der Waals surface area contributed by atoms with Crippen LogP contribution in [0, 0.1) is 0 Å². The van der Waals surface area contributed by atoms with Gasteiger partial charge in [-0.15, -0.1) is 0 Å². The minimum Gasteiger partial charge on any atom is -0.387 e. The highest BCUT2D eigenvalue weighted by Gasteiger charge is 2.16. The van der Waals surface area contributed by atoms with Gasteiger partial charge in [0.25, 0.3) is 0 Å². The summed E-state index contributed by atoms with van der Waals surface area (Å²) in [7, 11) is 0. The molecule has 0 aliphatic heterocycles. The average molecular weight is 279 g/mol. The largest absolute Gasteiger partial charge is 0.387 e. The summed E-state index contributed by atoms with van der Waals surface area (Å²) < 4.78 is 0. The van der Waals surface area contributed by atoms with Gasteiger partial charge in [0.15, 0.2) is 0 Å². The van der Waals surface area contributed by atoms with E-state index in [4.69, 9.17) is 0 Å². The maximum absolute atomic E-state index is 11.7. The summed E-state index contributed by atoms with van der Waals surface area (Å²) in [5, 5.41) is 17.5. The van der Waals surface area contributed by atoms with Gasteiger partial charge in [0.2, 0.25) is 5.91 Å². The Morgan fingerprint density at radius 2 is 1.90 bits per heavy atom. The smallest absolute Gasteiger partial charge is 0.321 e. The third-order valence-electron chi connectivity index (χ3n) is 2.77. The van der Waals surface area contributed by atoms with E-state index in [0.717, 1.165) is 5.56 Å². The van der Waals surface area contributed by atoms with E-state index in [1.54, 1.807) is 13.8 Å². The molecule has 1 rings (SSSR count). The maximum atomic E-state index is 11.7. The molecule has 4 N–H and O–H groups in total. The lowest BCUT2D eigenvalue weighted by Gasteiger charge is -2.17. The second-order valence-corrected chi connectivity index (χ2v) is 4.41. The van der Waals surface area contributed by atoms with Crippen LogP contribution in [0.4, 0.5) is 4.79 Å². The number of amides is 3. The van der Waals surface area contributed by atoms with E-state index in [2.05, 4.69) is 16.0 Å². The molecule has 1 aromatic carbocycles. The van der Waals surface area contributed by atoms with Crippen molar-refractivity contribution in [1.29, 1.82) is 0 Å². The zero-order valence-electron chi connectivity index (χ0n) is 11.7. The summed E-state index contributed by atoms with van der Waals surface area (Å²) in [5.41, 5.74) is 0.774. The van der Waals surface area contributed by atoms with Crippen molar-refractivity contribution in [3.63, 3.8) is 0 Å². The van der Waals surface area contributed by atoms with Crippen LogP contribution in [0.25, 0.3) is 0 Å². The molecule has 1 aromatic rings. The molecule has 0 saturated heterocycles. The van der Waals surface area contributed by atoms with Crippen LogP contribution in [0.2, 0.25) is 0 Å². The predicted molar refractivity (Wildman–Crippen MR) is 76.1 cm³/mol. The van der Waals surface area contributed by atoms with Crippen molar-refractivity contribution in [2.24, 2.45) is 0 Å². The Hall–Kier alpha value is -1.92. The van der Waals surface area contributed by atoms with Gasteiger partial charge >= 0.3 is 6.03 Å². The van der Waals surface area contributed by atoms with E-state index in [1.807, 2.05) is 30.3 Å². The lowest BCUT2D eigenvalue weighted by Crippen LogP contribution is -2.48. The number of rotatable bonds is 6. The molecule has 0 spiro atoms. The highest BCUT2D eigenvalue weighted by atomic mass is 16.3. The van der Waals surface area contributed by atoms with Crippen molar-refractivity contribution >= 4 is 11.9 Å². The van der Waals surface area contributed by atoms with Crippen molar-refractivity contribution < 1.29 is 14.7 Å². The molecule has 0 bridgehead atoms. The number of hydrogen-bond acceptors (Lipinski definition) is 4. The van der Waals surface area contributed by atoms with Crippen molar-refractivity contribution in [2.45, 2.75) is 26.0 Å². The third-order valence-corrected chi connectivity index (χ3v) is 2.77. The van der Waals surface area contributed by atoms with Crippen LogP contribution in [-0.2, 0) is 4.79 Å². The van der Waals surface area contributed by atoms with E-state index >= 15 is 0 Å². The van der Waals surface area contributed by atoms with Crippen LogP contribution in [-0.4, -0.2) is 36.2 Å². The quantitative estimate of drug-likeness (QED) is 0.612. The van der Waals surface area contributed by atoms with Crippen molar-refractivity contribution in [2.75, 3.05) is 13.1 Å². The number of imide groups is 1. The Labute approximate surface area is 118 Å². The first-order valence-corrected chi connectivity index (χ1v) is 6.59. The fraction of sp³-hybridized carbons (Fsp3) is 0.429. The second-order valence-electron chi connectivity index (χ2n) is 4.41. The molecule has 0 fully saturated rings. The highest BCUT2D eigenvalue weighted by molar-refractivity contribution is 5.96. The van der Waals surface area contributed by atoms with Crippen molar-refractivity contribution in [3.05, 3.63) is 35.9 Å². The molecule has 0 heterocycles. The number of aliphatic hydroxyl groups is 1. The first-order valence-electron chi connectivity index (χ1n) is 6.59. The summed E-state index contributed by atoms with van der Waals surface area (Å²) in [5.74, 6) is -0.434. The molecule has 6 nitrogen and oxygen atoms in total. The van der Waals surface area contributed by atoms with Crippen molar-refractivity contribution in [3.8, 4) is 0 Å². The number of hydrogen-bond donors (Lipinski definition) is 4. The molecule has 0 aliphatic rings. The Bertz CT molecular complexity index is 437. The van der Waals surface area contributed by atoms with Gasteiger partial charge in [-0.1, -0.05) is 30.3 Å². The molecule has 0 aromatic heterocycles. The molecule has 2 atom stereocenters. The van der Waals surface area contributed by atoms with Gasteiger partial charge in [0, 0.05) is 13.1 Å². The SMILES string of the molecule is CCNC(=O)NC(=O)C(C)NCC(O)c1ccccc1. The summed E-state index contributed by atoms with van der Waals surface area (Å²) in [6, 6.07) is 8.07. The van der Waals surface area contributed by atoms with Crippen LogP contribution in [0.1, 0.15) is 25.5 Å². The standard InChI is InChI=1S/C14H21N3O3/c1-3-15-14(20)17-13(19)10(2)16-9-12(18)11-7-5-4-6-8-11/h4-8,10,12,16,18H,3,9H2,1-2H3,(H2,15,17,19,20). The van der Waals surface area contributed by atoms with E-state index in [-0.39, 0.29) is 6.54 Å². The number of urea groups is 1. The van der Waals surface area contributed by atoms with Crippen LogP contribution >= 0.6 is 0 Å². The lowest BCUT2D eigenvalue weighted by atomic mass is 10.1. The van der Waals surface area contributed by atoms with Gasteiger partial charge in [-0.25, -0.2) is 4.79 Å². The van der Waals surface area contributed by atoms with Crippen LogP contribution in [0.5, 0.6) is 0 Å². The molecule has 3 amide bonds. The summed E-state index contributed by atoms with van der Waals surface area (Å²) in [6.07, 6.45) is -0.698. The number of benzene rings is 1. The average Bonchev–Trinajstić information content (AvgIpc) is 2.45. The molecule has 0 radical (unpaired) electrons. The Kier molecular flexibility index (Phi) is 6.69. The van der Waals surface area contributed by atoms with Crippen LogP contribution in [0.15, 0.2) is 30.3 Å². The molecule has 6 heteroatoms.